The third-order valence-corrected chi connectivity index (χ3v) is 6.78. The van der Waals surface area contributed by atoms with Gasteiger partial charge in [-0.1, -0.05) is 18.2 Å². The predicted molar refractivity (Wildman–Crippen MR) is 101 cm³/mol. The summed E-state index contributed by atoms with van der Waals surface area (Å²) in [6.45, 7) is 0.517. The molecule has 8 nitrogen and oxygen atoms in total. The SMILES string of the molecule is COC(=O)c1cn(C(=O)[C@@H]2CCCN(S(=O)(=O)N(C)C)C2)c2ccccc12. The van der Waals surface area contributed by atoms with E-state index in [2.05, 4.69) is 0 Å². The standard InChI is InChI=1S/C18H23N3O5S/c1-19(2)27(24,25)20-10-6-7-13(11-20)17(22)21-12-15(18(23)26-3)14-8-4-5-9-16(14)21/h4-5,8-9,12-13H,6-7,10-11H2,1-3H3/t13-/m1/s1. The Morgan fingerprint density at radius 1 is 1.22 bits per heavy atom. The molecule has 3 rings (SSSR count). The first kappa shape index (κ1) is 19.5. The van der Waals surface area contributed by atoms with Gasteiger partial charge in [0.2, 0.25) is 5.91 Å². The van der Waals surface area contributed by atoms with Crippen LogP contribution in [0.3, 0.4) is 0 Å². The molecule has 1 aliphatic rings. The molecule has 9 heteroatoms. The Labute approximate surface area is 158 Å². The molecular weight excluding hydrogens is 370 g/mol. The quantitative estimate of drug-likeness (QED) is 0.736. The lowest BCUT2D eigenvalue weighted by atomic mass is 9.98. The molecule has 1 atom stereocenters. The molecule has 1 fully saturated rings. The third-order valence-electron chi connectivity index (χ3n) is 4.88. The third kappa shape index (κ3) is 3.50. The number of nitrogens with zero attached hydrogens (tertiary/aromatic N) is 3. The van der Waals surface area contributed by atoms with Crippen molar-refractivity contribution in [1.29, 1.82) is 0 Å². The minimum atomic E-state index is -3.57. The maximum Gasteiger partial charge on any atom is 0.340 e. The van der Waals surface area contributed by atoms with Crippen molar-refractivity contribution in [1.82, 2.24) is 13.2 Å². The second-order valence-corrected chi connectivity index (χ2v) is 8.89. The molecule has 0 radical (unpaired) electrons. The van der Waals surface area contributed by atoms with E-state index in [1.807, 2.05) is 0 Å². The van der Waals surface area contributed by atoms with Gasteiger partial charge in [0, 0.05) is 38.8 Å². The Kier molecular flexibility index (Phi) is 5.36. The average molecular weight is 393 g/mol. The average Bonchev–Trinajstić information content (AvgIpc) is 3.06. The molecule has 0 unspecified atom stereocenters. The zero-order chi connectivity index (χ0) is 19.8. The number of rotatable bonds is 4. The highest BCUT2D eigenvalue weighted by Gasteiger charge is 2.34. The van der Waals surface area contributed by atoms with Gasteiger partial charge in [-0.2, -0.15) is 17.0 Å². The highest BCUT2D eigenvalue weighted by Crippen LogP contribution is 2.27. The second-order valence-electron chi connectivity index (χ2n) is 6.75. The Balaban J connectivity index is 1.95. The molecule has 1 saturated heterocycles. The number of hydrogen-bond donors (Lipinski definition) is 0. The molecule has 0 spiro atoms. The zero-order valence-electron chi connectivity index (χ0n) is 15.6. The summed E-state index contributed by atoms with van der Waals surface area (Å²) in [5.74, 6) is -1.21. The molecule has 0 aliphatic carbocycles. The molecule has 0 bridgehead atoms. The molecule has 2 aromatic rings. The molecule has 1 aliphatic heterocycles. The van der Waals surface area contributed by atoms with E-state index in [1.54, 1.807) is 24.3 Å². The van der Waals surface area contributed by atoms with Crippen LogP contribution in [-0.2, 0) is 14.9 Å². The zero-order valence-corrected chi connectivity index (χ0v) is 16.4. The van der Waals surface area contributed by atoms with Gasteiger partial charge in [0.25, 0.3) is 10.2 Å². The van der Waals surface area contributed by atoms with Gasteiger partial charge in [-0.3, -0.25) is 9.36 Å². The summed E-state index contributed by atoms with van der Waals surface area (Å²) in [4.78, 5) is 25.2. The van der Waals surface area contributed by atoms with Crippen LogP contribution < -0.4 is 0 Å². The fourth-order valence-corrected chi connectivity index (χ4v) is 4.61. The summed E-state index contributed by atoms with van der Waals surface area (Å²) in [6.07, 6.45) is 2.68. The Bertz CT molecular complexity index is 980. The summed E-state index contributed by atoms with van der Waals surface area (Å²) in [7, 11) is 0.671. The van der Waals surface area contributed by atoms with E-state index in [0.717, 1.165) is 4.31 Å². The summed E-state index contributed by atoms with van der Waals surface area (Å²) >= 11 is 0. The van der Waals surface area contributed by atoms with E-state index < -0.39 is 22.1 Å². The van der Waals surface area contributed by atoms with E-state index >= 15 is 0 Å². The van der Waals surface area contributed by atoms with Crippen LogP contribution in [0.15, 0.2) is 30.5 Å². The van der Waals surface area contributed by atoms with Crippen LogP contribution in [0.1, 0.15) is 28.0 Å². The van der Waals surface area contributed by atoms with Gasteiger partial charge in [0.15, 0.2) is 0 Å². The minimum absolute atomic E-state index is 0.124. The number of piperidine rings is 1. The van der Waals surface area contributed by atoms with Gasteiger partial charge in [-0.15, -0.1) is 0 Å². The maximum atomic E-state index is 13.2. The van der Waals surface area contributed by atoms with Crippen molar-refractivity contribution in [3.05, 3.63) is 36.0 Å². The monoisotopic (exact) mass is 393 g/mol. The lowest BCUT2D eigenvalue weighted by molar-refractivity contribution is 0.0603. The fourth-order valence-electron chi connectivity index (χ4n) is 3.42. The number of carbonyl (C=O) groups excluding carboxylic acids is 2. The second kappa shape index (κ2) is 7.41. The van der Waals surface area contributed by atoms with Gasteiger partial charge in [-0.25, -0.2) is 4.79 Å². The van der Waals surface area contributed by atoms with Crippen molar-refractivity contribution in [3.63, 3.8) is 0 Å². The molecule has 0 amide bonds. The van der Waals surface area contributed by atoms with Crippen LogP contribution in [0.25, 0.3) is 10.9 Å². The van der Waals surface area contributed by atoms with Crippen molar-refractivity contribution in [2.45, 2.75) is 12.8 Å². The van der Waals surface area contributed by atoms with Crippen LogP contribution in [0.2, 0.25) is 0 Å². The highest BCUT2D eigenvalue weighted by atomic mass is 32.2. The number of carbonyl (C=O) groups is 2. The normalized spacial score (nSPS) is 18.7. The molecule has 27 heavy (non-hydrogen) atoms. The number of ether oxygens (including phenoxy) is 1. The number of para-hydroxylation sites is 1. The molecule has 1 aromatic heterocycles. The van der Waals surface area contributed by atoms with E-state index in [1.165, 1.54) is 36.3 Å². The van der Waals surface area contributed by atoms with E-state index in [0.29, 0.717) is 35.9 Å². The predicted octanol–water partition coefficient (Wildman–Crippen LogP) is 1.59. The Morgan fingerprint density at radius 2 is 1.93 bits per heavy atom. The summed E-state index contributed by atoms with van der Waals surface area (Å²) in [5.41, 5.74) is 0.922. The van der Waals surface area contributed by atoms with Crippen LogP contribution in [0.4, 0.5) is 0 Å². The lowest BCUT2D eigenvalue weighted by Gasteiger charge is -2.32. The highest BCUT2D eigenvalue weighted by molar-refractivity contribution is 7.86. The van der Waals surface area contributed by atoms with Gasteiger partial charge >= 0.3 is 5.97 Å². The van der Waals surface area contributed by atoms with Crippen molar-refractivity contribution < 1.29 is 22.7 Å². The van der Waals surface area contributed by atoms with Crippen LogP contribution in [0.5, 0.6) is 0 Å². The first-order valence-corrected chi connectivity index (χ1v) is 10.1. The van der Waals surface area contributed by atoms with Crippen molar-refractivity contribution in [2.75, 3.05) is 34.3 Å². The summed E-state index contributed by atoms with van der Waals surface area (Å²) in [5, 5.41) is 0.631. The molecule has 1 aromatic carbocycles. The number of esters is 1. The molecule has 0 saturated carbocycles. The largest absolute Gasteiger partial charge is 0.465 e. The van der Waals surface area contributed by atoms with Crippen LogP contribution in [-0.4, -0.2) is 67.8 Å². The number of aromatic nitrogens is 1. The maximum absolute atomic E-state index is 13.2. The van der Waals surface area contributed by atoms with Crippen LogP contribution in [0, 0.1) is 5.92 Å². The van der Waals surface area contributed by atoms with Gasteiger partial charge in [0.05, 0.1) is 24.1 Å². The van der Waals surface area contributed by atoms with Gasteiger partial charge < -0.3 is 4.74 Å². The molecular formula is C18H23N3O5S. The summed E-state index contributed by atoms with van der Waals surface area (Å²) in [6, 6.07) is 7.10. The van der Waals surface area contributed by atoms with Gasteiger partial charge in [-0.05, 0) is 18.9 Å². The van der Waals surface area contributed by atoms with E-state index in [9.17, 15) is 18.0 Å². The minimum Gasteiger partial charge on any atom is -0.465 e. The topological polar surface area (TPSA) is 88.9 Å². The molecule has 2 heterocycles. The van der Waals surface area contributed by atoms with E-state index in [4.69, 9.17) is 4.74 Å². The fraction of sp³-hybridized carbons (Fsp3) is 0.444. The van der Waals surface area contributed by atoms with Crippen molar-refractivity contribution in [2.24, 2.45) is 5.92 Å². The van der Waals surface area contributed by atoms with Crippen molar-refractivity contribution >= 4 is 33.0 Å². The number of benzene rings is 1. The van der Waals surface area contributed by atoms with Gasteiger partial charge in [0.1, 0.15) is 0 Å². The molecule has 0 N–H and O–H groups in total. The first-order valence-electron chi connectivity index (χ1n) is 8.67. The number of methoxy groups -OCH3 is 1. The van der Waals surface area contributed by atoms with Crippen molar-refractivity contribution in [3.8, 4) is 0 Å². The number of fused-ring (bicyclic) bond motifs is 1. The summed E-state index contributed by atoms with van der Waals surface area (Å²) < 4.78 is 33.6. The first-order chi connectivity index (χ1) is 12.8. The molecule has 146 valence electrons. The Hall–Kier alpha value is -2.23. The smallest absolute Gasteiger partial charge is 0.340 e. The van der Waals surface area contributed by atoms with E-state index in [-0.39, 0.29) is 12.5 Å². The van der Waals surface area contributed by atoms with Crippen LogP contribution >= 0.6 is 0 Å². The lowest BCUT2D eigenvalue weighted by Crippen LogP contribution is -2.47. The Morgan fingerprint density at radius 3 is 2.59 bits per heavy atom. The number of hydrogen-bond acceptors (Lipinski definition) is 5.